The Kier molecular flexibility index (Phi) is 5.05. The van der Waals surface area contributed by atoms with Crippen molar-refractivity contribution < 1.29 is 4.74 Å². The summed E-state index contributed by atoms with van der Waals surface area (Å²) >= 11 is 0. The van der Waals surface area contributed by atoms with Crippen LogP contribution in [0.1, 0.15) is 17.0 Å². The molecule has 1 aliphatic carbocycles. The highest BCUT2D eigenvalue weighted by Gasteiger charge is 2.36. The summed E-state index contributed by atoms with van der Waals surface area (Å²) in [4.78, 5) is 9.55. The van der Waals surface area contributed by atoms with E-state index in [9.17, 15) is 0 Å². The number of rotatable bonds is 3. The van der Waals surface area contributed by atoms with Crippen LogP contribution in [0.5, 0.6) is 5.75 Å². The molecule has 45 heavy (non-hydrogen) atoms. The molecule has 5 nitrogen and oxygen atoms in total. The first-order valence-electron chi connectivity index (χ1n) is 15.3. The summed E-state index contributed by atoms with van der Waals surface area (Å²) in [6.07, 6.45) is 10.5. The average molecular weight is 579 g/mol. The van der Waals surface area contributed by atoms with E-state index in [1.54, 1.807) is 0 Å². The van der Waals surface area contributed by atoms with Crippen molar-refractivity contribution >= 4 is 49.4 Å². The molecule has 10 rings (SSSR count). The molecule has 212 valence electrons. The average Bonchev–Trinajstić information content (AvgIpc) is 3.76. The van der Waals surface area contributed by atoms with Gasteiger partial charge in [0.1, 0.15) is 11.9 Å². The second-order valence-corrected chi connectivity index (χ2v) is 11.8. The van der Waals surface area contributed by atoms with Gasteiger partial charge in [-0.1, -0.05) is 66.7 Å². The van der Waals surface area contributed by atoms with Crippen LogP contribution >= 0.6 is 0 Å². The number of benzene rings is 4. The lowest BCUT2D eigenvalue weighted by Crippen LogP contribution is -2.17. The lowest BCUT2D eigenvalue weighted by Gasteiger charge is -2.19. The van der Waals surface area contributed by atoms with E-state index in [1.165, 1.54) is 16.7 Å². The molecule has 2 atom stereocenters. The molecule has 8 aromatic rings. The highest BCUT2D eigenvalue weighted by molar-refractivity contribution is 6.09. The zero-order valence-corrected chi connectivity index (χ0v) is 24.2. The van der Waals surface area contributed by atoms with Crippen molar-refractivity contribution in [3.63, 3.8) is 0 Å². The Morgan fingerprint density at radius 1 is 0.600 bits per heavy atom. The number of ether oxygens (including phenoxy) is 1. The minimum absolute atomic E-state index is 0.0542. The minimum Gasteiger partial charge on any atom is -0.483 e. The summed E-state index contributed by atoms with van der Waals surface area (Å²) in [6.45, 7) is 0. The van der Waals surface area contributed by atoms with Crippen molar-refractivity contribution in [3.8, 4) is 17.1 Å². The van der Waals surface area contributed by atoms with Gasteiger partial charge < -0.3 is 13.9 Å². The maximum atomic E-state index is 6.74. The van der Waals surface area contributed by atoms with Crippen LogP contribution in [0.25, 0.3) is 60.8 Å². The Hall–Kier alpha value is -5.94. The third-order valence-corrected chi connectivity index (χ3v) is 9.35. The van der Waals surface area contributed by atoms with E-state index in [0.29, 0.717) is 0 Å². The third-order valence-electron chi connectivity index (χ3n) is 9.35. The molecule has 5 heterocycles. The Morgan fingerprint density at radius 2 is 1.33 bits per heavy atom. The smallest absolute Gasteiger partial charge is 0.148 e. The molecule has 0 fully saturated rings. The first-order chi connectivity index (χ1) is 22.3. The second kappa shape index (κ2) is 9.28. The fourth-order valence-corrected chi connectivity index (χ4v) is 7.39. The molecular formula is C40H26N4O. The summed E-state index contributed by atoms with van der Waals surface area (Å²) in [5, 5.41) is 2.29. The van der Waals surface area contributed by atoms with Gasteiger partial charge in [-0.25, -0.2) is 0 Å². The molecule has 0 spiro atoms. The number of allylic oxidation sites excluding steroid dienone is 2. The van der Waals surface area contributed by atoms with E-state index in [0.717, 1.165) is 61.0 Å². The number of hydrogen-bond donors (Lipinski definition) is 0. The number of pyridine rings is 2. The first kappa shape index (κ1) is 24.5. The van der Waals surface area contributed by atoms with E-state index in [2.05, 4.69) is 130 Å². The van der Waals surface area contributed by atoms with E-state index >= 15 is 0 Å². The maximum Gasteiger partial charge on any atom is 0.148 e. The van der Waals surface area contributed by atoms with Gasteiger partial charge in [0, 0.05) is 40.3 Å². The zero-order valence-electron chi connectivity index (χ0n) is 24.2. The molecule has 0 saturated heterocycles. The molecule has 2 unspecified atom stereocenters. The molecule has 4 aromatic heterocycles. The van der Waals surface area contributed by atoms with Gasteiger partial charge in [-0.3, -0.25) is 9.97 Å². The van der Waals surface area contributed by atoms with E-state index in [-0.39, 0.29) is 12.0 Å². The van der Waals surface area contributed by atoms with Gasteiger partial charge in [-0.2, -0.15) is 0 Å². The van der Waals surface area contributed by atoms with Gasteiger partial charge >= 0.3 is 0 Å². The minimum atomic E-state index is -0.0542. The van der Waals surface area contributed by atoms with Gasteiger partial charge in [0.05, 0.1) is 38.8 Å². The summed E-state index contributed by atoms with van der Waals surface area (Å²) in [7, 11) is 0. The lowest BCUT2D eigenvalue weighted by molar-refractivity contribution is 0.269. The topological polar surface area (TPSA) is 44.9 Å². The standard InChI is InChI=1S/C40H26N4O/c1-2-9-27(10-3-1)43-33-19-17-25(24-31(33)39-34(43)15-7-22-42-39)26-18-20-37-30(23-26)28-12-6-14-36(40(28)45-37)44-32-13-5-4-11-29(32)38-35(44)16-8-21-41-38/h1-24,30,37H. The van der Waals surface area contributed by atoms with Crippen molar-refractivity contribution in [3.05, 3.63) is 157 Å². The van der Waals surface area contributed by atoms with Crippen LogP contribution in [0.15, 0.2) is 146 Å². The Morgan fingerprint density at radius 3 is 2.20 bits per heavy atom. The highest BCUT2D eigenvalue weighted by Crippen LogP contribution is 2.48. The maximum absolute atomic E-state index is 6.74. The van der Waals surface area contributed by atoms with Crippen molar-refractivity contribution in [2.75, 3.05) is 0 Å². The number of aromatic nitrogens is 4. The largest absolute Gasteiger partial charge is 0.483 e. The molecule has 1 aliphatic heterocycles. The Bertz CT molecular complexity index is 2480. The van der Waals surface area contributed by atoms with Crippen molar-refractivity contribution in [1.29, 1.82) is 0 Å². The van der Waals surface area contributed by atoms with Crippen molar-refractivity contribution in [1.82, 2.24) is 19.1 Å². The predicted octanol–water partition coefficient (Wildman–Crippen LogP) is 9.17. The van der Waals surface area contributed by atoms with Crippen molar-refractivity contribution in [2.24, 2.45) is 0 Å². The van der Waals surface area contributed by atoms with Gasteiger partial charge in [0.15, 0.2) is 0 Å². The summed E-state index contributed by atoms with van der Waals surface area (Å²) < 4.78 is 11.3. The van der Waals surface area contributed by atoms with E-state index < -0.39 is 0 Å². The molecule has 5 heteroatoms. The molecule has 0 bridgehead atoms. The summed E-state index contributed by atoms with van der Waals surface area (Å²) in [6, 6.07) is 40.6. The molecule has 2 aliphatic rings. The summed E-state index contributed by atoms with van der Waals surface area (Å²) in [5.74, 6) is 1.05. The number of hydrogen-bond acceptors (Lipinski definition) is 3. The molecule has 0 N–H and O–H groups in total. The van der Waals surface area contributed by atoms with E-state index in [1.807, 2.05) is 24.5 Å². The number of nitrogens with zero attached hydrogens (tertiary/aromatic N) is 4. The monoisotopic (exact) mass is 578 g/mol. The SMILES string of the molecule is C1=CC2Oc3c(cccc3-n3c4ccccc4c4ncccc43)C2C=C1c1ccc2c(c1)c1ncccc1n2-c1ccccc1. The first-order valence-corrected chi connectivity index (χ1v) is 15.3. The van der Waals surface area contributed by atoms with Gasteiger partial charge in [0.25, 0.3) is 0 Å². The molecular weight excluding hydrogens is 552 g/mol. The van der Waals surface area contributed by atoms with Gasteiger partial charge in [-0.05, 0) is 77.9 Å². The van der Waals surface area contributed by atoms with E-state index in [4.69, 9.17) is 14.7 Å². The van der Waals surface area contributed by atoms with Crippen LogP contribution in [0.3, 0.4) is 0 Å². The quantitative estimate of drug-likeness (QED) is 0.210. The van der Waals surface area contributed by atoms with Crippen LogP contribution in [-0.2, 0) is 0 Å². The van der Waals surface area contributed by atoms with Crippen LogP contribution in [0, 0.1) is 0 Å². The molecule has 0 radical (unpaired) electrons. The molecule has 0 saturated carbocycles. The van der Waals surface area contributed by atoms with Crippen molar-refractivity contribution in [2.45, 2.75) is 12.0 Å². The number of fused-ring (bicyclic) bond motifs is 9. The second-order valence-electron chi connectivity index (χ2n) is 11.8. The summed E-state index contributed by atoms with van der Waals surface area (Å²) in [5.41, 5.74) is 12.2. The number of para-hydroxylation sites is 3. The van der Waals surface area contributed by atoms with Gasteiger partial charge in [-0.15, -0.1) is 0 Å². The third kappa shape index (κ3) is 3.49. The molecule has 0 amide bonds. The van der Waals surface area contributed by atoms with Gasteiger partial charge in [0.2, 0.25) is 0 Å². The van der Waals surface area contributed by atoms with Crippen LogP contribution in [0.2, 0.25) is 0 Å². The lowest BCUT2D eigenvalue weighted by atomic mass is 9.86. The molecule has 4 aromatic carbocycles. The predicted molar refractivity (Wildman–Crippen MR) is 181 cm³/mol. The fraction of sp³-hybridized carbons (Fsp3) is 0.0500. The fourth-order valence-electron chi connectivity index (χ4n) is 7.39. The normalized spacial score (nSPS) is 17.1. The Balaban J connectivity index is 1.11. The zero-order chi connectivity index (χ0) is 29.5. The van der Waals surface area contributed by atoms with Crippen LogP contribution in [0.4, 0.5) is 0 Å². The highest BCUT2D eigenvalue weighted by atomic mass is 16.5. The van der Waals surface area contributed by atoms with Crippen LogP contribution < -0.4 is 4.74 Å². The Labute approximate surface area is 259 Å². The van der Waals surface area contributed by atoms with Crippen LogP contribution in [-0.4, -0.2) is 25.2 Å².